The Bertz CT molecular complexity index is 413. The van der Waals surface area contributed by atoms with Gasteiger partial charge in [-0.2, -0.15) is 0 Å². The minimum atomic E-state index is -1.22. The molecule has 0 spiro atoms. The lowest BCUT2D eigenvalue weighted by atomic mass is 10.0. The van der Waals surface area contributed by atoms with Crippen LogP contribution in [0.1, 0.15) is 31.2 Å². The van der Waals surface area contributed by atoms with E-state index in [4.69, 9.17) is 0 Å². The molecule has 1 saturated carbocycles. The molecule has 0 heterocycles. The van der Waals surface area contributed by atoms with Crippen molar-refractivity contribution in [2.75, 3.05) is 6.54 Å². The molecule has 1 aromatic carbocycles. The molecular formula is C15H21NO3. The van der Waals surface area contributed by atoms with E-state index in [9.17, 15) is 15.0 Å². The van der Waals surface area contributed by atoms with Gasteiger partial charge in [0.15, 0.2) is 0 Å². The first kappa shape index (κ1) is 14.0. The summed E-state index contributed by atoms with van der Waals surface area (Å²) in [6, 6.07) is 9.64. The number of hydrogen-bond donors (Lipinski definition) is 3. The predicted molar refractivity (Wildman–Crippen MR) is 72.6 cm³/mol. The number of benzene rings is 1. The van der Waals surface area contributed by atoms with Crippen molar-refractivity contribution in [2.24, 2.45) is 0 Å². The maximum Gasteiger partial charge on any atom is 0.252 e. The molecule has 0 radical (unpaired) electrons. The Labute approximate surface area is 113 Å². The van der Waals surface area contributed by atoms with E-state index in [-0.39, 0.29) is 12.5 Å². The van der Waals surface area contributed by atoms with Gasteiger partial charge in [-0.3, -0.25) is 4.79 Å². The van der Waals surface area contributed by atoms with Gasteiger partial charge in [0.05, 0.1) is 6.10 Å². The molecule has 4 heteroatoms. The molecule has 2 rings (SSSR count). The van der Waals surface area contributed by atoms with Gasteiger partial charge in [0, 0.05) is 13.0 Å². The maximum absolute atomic E-state index is 11.9. The number of aliphatic hydroxyl groups excluding tert-OH is 1. The first-order chi connectivity index (χ1) is 9.10. The molecule has 0 saturated heterocycles. The summed E-state index contributed by atoms with van der Waals surface area (Å²) in [6.45, 7) is 0.177. The Morgan fingerprint density at radius 2 is 1.89 bits per heavy atom. The van der Waals surface area contributed by atoms with Gasteiger partial charge in [-0.1, -0.05) is 30.3 Å². The lowest BCUT2D eigenvalue weighted by molar-refractivity contribution is -0.139. The zero-order chi connectivity index (χ0) is 13.7. The second-order valence-electron chi connectivity index (χ2n) is 5.29. The van der Waals surface area contributed by atoms with Crippen molar-refractivity contribution in [3.63, 3.8) is 0 Å². The van der Waals surface area contributed by atoms with Gasteiger partial charge >= 0.3 is 0 Å². The average Bonchev–Trinajstić information content (AvgIpc) is 2.85. The minimum Gasteiger partial charge on any atom is -0.391 e. The standard InChI is InChI=1S/C15H21NO3/c17-13(10-12-6-2-1-3-7-12)11-16-14(18)15(19)8-4-5-9-15/h1-3,6-7,13,17,19H,4-5,8-11H2,(H,16,18). The third kappa shape index (κ3) is 3.78. The SMILES string of the molecule is O=C(NCC(O)Cc1ccccc1)C1(O)CCCC1. The lowest BCUT2D eigenvalue weighted by Gasteiger charge is -2.22. The van der Waals surface area contributed by atoms with E-state index in [1.165, 1.54) is 0 Å². The van der Waals surface area contributed by atoms with E-state index in [2.05, 4.69) is 5.32 Å². The van der Waals surface area contributed by atoms with Gasteiger partial charge < -0.3 is 15.5 Å². The van der Waals surface area contributed by atoms with E-state index in [0.29, 0.717) is 19.3 Å². The van der Waals surface area contributed by atoms with Gasteiger partial charge in [0.1, 0.15) is 5.60 Å². The summed E-state index contributed by atoms with van der Waals surface area (Å²) < 4.78 is 0. The predicted octanol–water partition coefficient (Wildman–Crippen LogP) is 1.01. The van der Waals surface area contributed by atoms with Gasteiger partial charge in [-0.05, 0) is 31.2 Å². The molecule has 1 unspecified atom stereocenters. The Kier molecular flexibility index (Phi) is 4.56. The van der Waals surface area contributed by atoms with Crippen LogP contribution in [0, 0.1) is 0 Å². The van der Waals surface area contributed by atoms with Gasteiger partial charge in [-0.15, -0.1) is 0 Å². The van der Waals surface area contributed by atoms with E-state index >= 15 is 0 Å². The molecular weight excluding hydrogens is 242 g/mol. The van der Waals surface area contributed by atoms with Crippen LogP contribution in [-0.2, 0) is 11.2 Å². The number of carbonyl (C=O) groups excluding carboxylic acids is 1. The first-order valence-corrected chi connectivity index (χ1v) is 6.83. The minimum absolute atomic E-state index is 0.177. The van der Waals surface area contributed by atoms with Crippen LogP contribution in [0.15, 0.2) is 30.3 Å². The molecule has 0 aromatic heterocycles. The average molecular weight is 263 g/mol. The fraction of sp³-hybridized carbons (Fsp3) is 0.533. The van der Waals surface area contributed by atoms with Crippen molar-refractivity contribution in [3.8, 4) is 0 Å². The van der Waals surface area contributed by atoms with Crippen LogP contribution in [0.3, 0.4) is 0 Å². The highest BCUT2D eigenvalue weighted by Crippen LogP contribution is 2.29. The number of amides is 1. The number of aliphatic hydroxyl groups is 2. The molecule has 0 bridgehead atoms. The first-order valence-electron chi connectivity index (χ1n) is 6.83. The fourth-order valence-electron chi connectivity index (χ4n) is 2.52. The van der Waals surface area contributed by atoms with E-state index in [1.807, 2.05) is 30.3 Å². The van der Waals surface area contributed by atoms with Crippen molar-refractivity contribution < 1.29 is 15.0 Å². The molecule has 3 N–H and O–H groups in total. The summed E-state index contributed by atoms with van der Waals surface area (Å²) in [5, 5.41) is 22.6. The summed E-state index contributed by atoms with van der Waals surface area (Å²) in [5.41, 5.74) is -0.184. The molecule has 4 nitrogen and oxygen atoms in total. The van der Waals surface area contributed by atoms with Crippen molar-refractivity contribution >= 4 is 5.91 Å². The highest BCUT2D eigenvalue weighted by Gasteiger charge is 2.38. The van der Waals surface area contributed by atoms with E-state index < -0.39 is 11.7 Å². The summed E-state index contributed by atoms with van der Waals surface area (Å²) in [6.07, 6.45) is 2.68. The molecule has 1 amide bonds. The van der Waals surface area contributed by atoms with Crippen LogP contribution >= 0.6 is 0 Å². The maximum atomic E-state index is 11.9. The Balaban J connectivity index is 1.77. The van der Waals surface area contributed by atoms with Crippen molar-refractivity contribution in [2.45, 2.75) is 43.8 Å². The highest BCUT2D eigenvalue weighted by molar-refractivity contribution is 5.85. The topological polar surface area (TPSA) is 69.6 Å². The zero-order valence-electron chi connectivity index (χ0n) is 11.0. The summed E-state index contributed by atoms with van der Waals surface area (Å²) in [4.78, 5) is 11.9. The van der Waals surface area contributed by atoms with Crippen LogP contribution < -0.4 is 5.32 Å². The Morgan fingerprint density at radius 1 is 1.26 bits per heavy atom. The summed E-state index contributed by atoms with van der Waals surface area (Å²) in [7, 11) is 0. The van der Waals surface area contributed by atoms with Crippen LogP contribution in [0.5, 0.6) is 0 Å². The molecule has 1 aliphatic carbocycles. The number of carbonyl (C=O) groups is 1. The van der Waals surface area contributed by atoms with Gasteiger partial charge in [0.25, 0.3) is 5.91 Å². The second-order valence-corrected chi connectivity index (χ2v) is 5.29. The summed E-state index contributed by atoms with van der Waals surface area (Å²) >= 11 is 0. The lowest BCUT2D eigenvalue weighted by Crippen LogP contribution is -2.47. The smallest absolute Gasteiger partial charge is 0.252 e. The van der Waals surface area contributed by atoms with Crippen molar-refractivity contribution in [1.82, 2.24) is 5.32 Å². The van der Waals surface area contributed by atoms with E-state index in [0.717, 1.165) is 18.4 Å². The Hall–Kier alpha value is -1.39. The van der Waals surface area contributed by atoms with Crippen LogP contribution in [0.2, 0.25) is 0 Å². The Morgan fingerprint density at radius 3 is 2.53 bits per heavy atom. The third-order valence-corrected chi connectivity index (χ3v) is 3.67. The molecule has 1 aliphatic rings. The number of hydrogen-bond acceptors (Lipinski definition) is 3. The molecule has 1 fully saturated rings. The normalized spacial score (nSPS) is 19.1. The number of nitrogens with one attached hydrogen (secondary N) is 1. The number of rotatable bonds is 5. The van der Waals surface area contributed by atoms with Crippen molar-refractivity contribution in [3.05, 3.63) is 35.9 Å². The van der Waals surface area contributed by atoms with Crippen molar-refractivity contribution in [1.29, 1.82) is 0 Å². The van der Waals surface area contributed by atoms with Gasteiger partial charge in [-0.25, -0.2) is 0 Å². The molecule has 1 aromatic rings. The molecule has 19 heavy (non-hydrogen) atoms. The molecule has 1 atom stereocenters. The van der Waals surface area contributed by atoms with E-state index in [1.54, 1.807) is 0 Å². The molecule has 0 aliphatic heterocycles. The van der Waals surface area contributed by atoms with Crippen LogP contribution in [-0.4, -0.2) is 34.4 Å². The largest absolute Gasteiger partial charge is 0.391 e. The van der Waals surface area contributed by atoms with Crippen LogP contribution in [0.25, 0.3) is 0 Å². The summed E-state index contributed by atoms with van der Waals surface area (Å²) in [5.74, 6) is -0.350. The molecule has 104 valence electrons. The third-order valence-electron chi connectivity index (χ3n) is 3.67. The highest BCUT2D eigenvalue weighted by atomic mass is 16.3. The van der Waals surface area contributed by atoms with Gasteiger partial charge in [0.2, 0.25) is 0 Å². The monoisotopic (exact) mass is 263 g/mol. The quantitative estimate of drug-likeness (QED) is 0.742. The zero-order valence-corrected chi connectivity index (χ0v) is 11.0. The fourth-order valence-corrected chi connectivity index (χ4v) is 2.52. The van der Waals surface area contributed by atoms with Crippen LogP contribution in [0.4, 0.5) is 0 Å². The second kappa shape index (κ2) is 6.17.